The summed E-state index contributed by atoms with van der Waals surface area (Å²) in [5, 5.41) is 3.13. The van der Waals surface area contributed by atoms with E-state index < -0.39 is 10.0 Å². The molecule has 3 fully saturated rings. The molecule has 7 nitrogen and oxygen atoms in total. The highest BCUT2D eigenvalue weighted by atomic mass is 32.2. The van der Waals surface area contributed by atoms with E-state index in [1.165, 1.54) is 6.42 Å². The molecule has 31 heavy (non-hydrogen) atoms. The molecule has 3 aliphatic rings. The minimum atomic E-state index is -3.55. The van der Waals surface area contributed by atoms with Crippen molar-refractivity contribution in [1.29, 1.82) is 0 Å². The summed E-state index contributed by atoms with van der Waals surface area (Å²) >= 11 is 0. The minimum Gasteiger partial charge on any atom is -0.367 e. The van der Waals surface area contributed by atoms with Gasteiger partial charge in [0.15, 0.2) is 0 Å². The Morgan fingerprint density at radius 2 is 1.55 bits per heavy atom. The van der Waals surface area contributed by atoms with Gasteiger partial charge in [-0.2, -0.15) is 4.31 Å². The van der Waals surface area contributed by atoms with Crippen LogP contribution in [0.1, 0.15) is 51.4 Å². The van der Waals surface area contributed by atoms with E-state index in [0.717, 1.165) is 76.8 Å². The van der Waals surface area contributed by atoms with Crippen LogP contribution >= 0.6 is 0 Å². The van der Waals surface area contributed by atoms with Gasteiger partial charge in [0.1, 0.15) is 0 Å². The first-order valence-electron chi connectivity index (χ1n) is 11.8. The number of likely N-dealkylation sites (N-methyl/N-ethyl adjacent to an activating group) is 1. The maximum atomic E-state index is 13.3. The zero-order valence-electron chi connectivity index (χ0n) is 18.7. The quantitative estimate of drug-likeness (QED) is 0.749. The van der Waals surface area contributed by atoms with Gasteiger partial charge < -0.3 is 15.1 Å². The van der Waals surface area contributed by atoms with Crippen molar-refractivity contribution in [3.63, 3.8) is 0 Å². The van der Waals surface area contributed by atoms with Gasteiger partial charge in [-0.15, -0.1) is 0 Å². The van der Waals surface area contributed by atoms with Gasteiger partial charge in [-0.05, 0) is 50.9 Å². The van der Waals surface area contributed by atoms with E-state index >= 15 is 0 Å². The molecule has 8 heteroatoms. The van der Waals surface area contributed by atoms with Gasteiger partial charge in [0.2, 0.25) is 15.9 Å². The number of hydrogen-bond acceptors (Lipinski definition) is 5. The molecule has 4 rings (SSSR count). The monoisotopic (exact) mass is 448 g/mol. The van der Waals surface area contributed by atoms with Crippen molar-refractivity contribution in [2.75, 3.05) is 56.5 Å². The first-order valence-corrected chi connectivity index (χ1v) is 13.3. The summed E-state index contributed by atoms with van der Waals surface area (Å²) < 4.78 is 28.1. The third-order valence-corrected chi connectivity index (χ3v) is 8.89. The zero-order valence-corrected chi connectivity index (χ0v) is 19.5. The second-order valence-electron chi connectivity index (χ2n) is 9.26. The predicted molar refractivity (Wildman–Crippen MR) is 124 cm³/mol. The van der Waals surface area contributed by atoms with Gasteiger partial charge in [-0.1, -0.05) is 25.7 Å². The molecule has 1 aliphatic carbocycles. The van der Waals surface area contributed by atoms with Crippen LogP contribution in [0.15, 0.2) is 23.1 Å². The first-order chi connectivity index (χ1) is 14.9. The van der Waals surface area contributed by atoms with E-state index in [-0.39, 0.29) is 16.7 Å². The number of amides is 1. The second kappa shape index (κ2) is 9.88. The molecule has 2 saturated heterocycles. The number of benzene rings is 1. The van der Waals surface area contributed by atoms with Crippen molar-refractivity contribution in [2.45, 2.75) is 56.3 Å². The summed E-state index contributed by atoms with van der Waals surface area (Å²) in [5.74, 6) is 0.0547. The Balaban J connectivity index is 1.62. The molecule has 1 N–H and O–H groups in total. The van der Waals surface area contributed by atoms with Crippen molar-refractivity contribution in [2.24, 2.45) is 5.92 Å². The molecule has 1 aromatic rings. The Labute approximate surface area is 186 Å². The summed E-state index contributed by atoms with van der Waals surface area (Å²) in [7, 11) is -1.44. The first kappa shape index (κ1) is 22.6. The smallest absolute Gasteiger partial charge is 0.243 e. The normalized spacial score (nSPS) is 22.4. The minimum absolute atomic E-state index is 0.0245. The molecule has 0 radical (unpaired) electrons. The van der Waals surface area contributed by atoms with Crippen molar-refractivity contribution in [1.82, 2.24) is 9.21 Å². The molecule has 0 unspecified atom stereocenters. The number of carbonyl (C=O) groups excluding carboxylic acids is 1. The number of nitrogens with zero attached hydrogens (tertiary/aromatic N) is 3. The number of sulfonamides is 1. The van der Waals surface area contributed by atoms with Gasteiger partial charge in [-0.25, -0.2) is 8.42 Å². The van der Waals surface area contributed by atoms with Crippen LogP contribution < -0.4 is 10.2 Å². The topological polar surface area (TPSA) is 73.0 Å². The van der Waals surface area contributed by atoms with Crippen LogP contribution in [0.25, 0.3) is 0 Å². The van der Waals surface area contributed by atoms with E-state index in [2.05, 4.69) is 22.2 Å². The molecule has 2 heterocycles. The van der Waals surface area contributed by atoms with Crippen LogP contribution in [-0.2, 0) is 14.8 Å². The number of piperazine rings is 1. The fourth-order valence-electron chi connectivity index (χ4n) is 4.95. The van der Waals surface area contributed by atoms with Gasteiger partial charge in [0.25, 0.3) is 0 Å². The van der Waals surface area contributed by atoms with Gasteiger partial charge in [0.05, 0.1) is 16.3 Å². The van der Waals surface area contributed by atoms with Crippen molar-refractivity contribution in [3.05, 3.63) is 18.2 Å². The highest BCUT2D eigenvalue weighted by Gasteiger charge is 2.29. The Morgan fingerprint density at radius 3 is 2.23 bits per heavy atom. The maximum Gasteiger partial charge on any atom is 0.243 e. The van der Waals surface area contributed by atoms with Crippen molar-refractivity contribution < 1.29 is 13.2 Å². The lowest BCUT2D eigenvalue weighted by molar-refractivity contribution is -0.120. The third kappa shape index (κ3) is 5.23. The lowest BCUT2D eigenvalue weighted by atomic mass is 9.88. The van der Waals surface area contributed by atoms with Crippen LogP contribution in [0.5, 0.6) is 0 Å². The standard InChI is InChI=1S/C23H36N4O3S/c1-25-14-16-26(17-15-25)22-11-10-20(31(29,30)27-12-6-3-7-13-27)18-21(22)24-23(28)19-8-4-2-5-9-19/h10-11,18-19H,2-9,12-17H2,1H3,(H,24,28). The molecular formula is C23H36N4O3S. The van der Waals surface area contributed by atoms with E-state index in [1.54, 1.807) is 16.4 Å². The van der Waals surface area contributed by atoms with Crippen LogP contribution in [0.4, 0.5) is 11.4 Å². The molecule has 0 spiro atoms. The fraction of sp³-hybridized carbons (Fsp3) is 0.696. The Kier molecular flexibility index (Phi) is 7.19. The van der Waals surface area contributed by atoms with Gasteiger partial charge >= 0.3 is 0 Å². The van der Waals surface area contributed by atoms with Crippen LogP contribution in [0.2, 0.25) is 0 Å². The van der Waals surface area contributed by atoms with E-state index in [0.29, 0.717) is 18.8 Å². The highest BCUT2D eigenvalue weighted by molar-refractivity contribution is 7.89. The lowest BCUT2D eigenvalue weighted by Gasteiger charge is -2.35. The molecule has 172 valence electrons. The summed E-state index contributed by atoms with van der Waals surface area (Å²) in [5.41, 5.74) is 1.56. The largest absolute Gasteiger partial charge is 0.367 e. The van der Waals surface area contributed by atoms with Gasteiger partial charge in [-0.3, -0.25) is 4.79 Å². The number of rotatable bonds is 5. The van der Waals surface area contributed by atoms with Gasteiger partial charge in [0, 0.05) is 45.2 Å². The highest BCUT2D eigenvalue weighted by Crippen LogP contribution is 2.33. The molecule has 1 aromatic carbocycles. The molecule has 2 aliphatic heterocycles. The Bertz CT molecular complexity index is 869. The van der Waals surface area contributed by atoms with Crippen LogP contribution in [-0.4, -0.2) is 69.8 Å². The van der Waals surface area contributed by atoms with E-state index in [1.807, 2.05) is 6.07 Å². The number of piperidine rings is 1. The second-order valence-corrected chi connectivity index (χ2v) is 11.2. The maximum absolute atomic E-state index is 13.3. The summed E-state index contributed by atoms with van der Waals surface area (Å²) in [6, 6.07) is 5.30. The Morgan fingerprint density at radius 1 is 0.903 bits per heavy atom. The summed E-state index contributed by atoms with van der Waals surface area (Å²) in [4.78, 5) is 17.8. The summed E-state index contributed by atoms with van der Waals surface area (Å²) in [6.07, 6.45) is 8.10. The SMILES string of the molecule is CN1CCN(c2ccc(S(=O)(=O)N3CCCCC3)cc2NC(=O)C2CCCCC2)CC1. The molecular weight excluding hydrogens is 412 g/mol. The van der Waals surface area contributed by atoms with Crippen molar-refractivity contribution >= 4 is 27.3 Å². The molecule has 1 amide bonds. The lowest BCUT2D eigenvalue weighted by Crippen LogP contribution is -2.44. The average molecular weight is 449 g/mol. The zero-order chi connectivity index (χ0) is 21.8. The molecule has 0 atom stereocenters. The number of carbonyl (C=O) groups is 1. The molecule has 0 bridgehead atoms. The average Bonchev–Trinajstić information content (AvgIpc) is 2.81. The van der Waals surface area contributed by atoms with Crippen LogP contribution in [0, 0.1) is 5.92 Å². The number of nitrogens with one attached hydrogen (secondary N) is 1. The Hall–Kier alpha value is -1.64. The third-order valence-electron chi connectivity index (χ3n) is 7.00. The predicted octanol–water partition coefficient (Wildman–Crippen LogP) is 3.13. The fourth-order valence-corrected chi connectivity index (χ4v) is 6.50. The van der Waals surface area contributed by atoms with Crippen LogP contribution in [0.3, 0.4) is 0 Å². The van der Waals surface area contributed by atoms with E-state index in [4.69, 9.17) is 0 Å². The number of anilines is 2. The summed E-state index contributed by atoms with van der Waals surface area (Å²) in [6.45, 7) is 4.77. The van der Waals surface area contributed by atoms with Crippen molar-refractivity contribution in [3.8, 4) is 0 Å². The van der Waals surface area contributed by atoms with E-state index in [9.17, 15) is 13.2 Å². The molecule has 0 aromatic heterocycles. The number of hydrogen-bond donors (Lipinski definition) is 1. The molecule has 1 saturated carbocycles.